The van der Waals surface area contributed by atoms with Crippen LogP contribution >= 0.6 is 11.9 Å². The van der Waals surface area contributed by atoms with Crippen LogP contribution in [0.2, 0.25) is 0 Å². The van der Waals surface area contributed by atoms with Crippen LogP contribution in [0.1, 0.15) is 58.3 Å². The number of hydrogen-bond donors (Lipinski definition) is 1. The average molecular weight is 369 g/mol. The van der Waals surface area contributed by atoms with E-state index in [0.29, 0.717) is 5.92 Å². The highest BCUT2D eigenvalue weighted by Gasteiger charge is 2.37. The molecule has 2 aliphatic rings. The second-order valence-corrected chi connectivity index (χ2v) is 8.30. The van der Waals surface area contributed by atoms with Gasteiger partial charge in [0.1, 0.15) is 12.6 Å². The lowest BCUT2D eigenvalue weighted by Gasteiger charge is -2.39. The van der Waals surface area contributed by atoms with E-state index < -0.39 is 33.9 Å². The monoisotopic (exact) mass is 369 g/mol. The number of quaternary nitrogens is 1. The fraction of sp³-hybridized carbons (Fsp3) is 0.938. The largest absolute Gasteiger partial charge is 0.621 e. The van der Waals surface area contributed by atoms with Gasteiger partial charge in [0.05, 0.1) is 0 Å². The lowest BCUT2D eigenvalue weighted by molar-refractivity contribution is -0.729. The molecule has 0 radical (unpaired) electrons. The summed E-state index contributed by atoms with van der Waals surface area (Å²) in [6.07, 6.45) is 8.69. The molecule has 0 heterocycles. The van der Waals surface area contributed by atoms with Gasteiger partial charge in [-0.3, -0.25) is 9.26 Å². The van der Waals surface area contributed by atoms with Gasteiger partial charge in [0.2, 0.25) is 0 Å². The summed E-state index contributed by atoms with van der Waals surface area (Å²) in [4.78, 5) is 11.8. The van der Waals surface area contributed by atoms with E-state index in [2.05, 4.69) is 0 Å². The van der Waals surface area contributed by atoms with Gasteiger partial charge in [-0.25, -0.2) is 0 Å². The summed E-state index contributed by atoms with van der Waals surface area (Å²) >= 11 is -0.668. The van der Waals surface area contributed by atoms with Crippen LogP contribution in [0.3, 0.4) is 0 Å². The highest BCUT2D eigenvalue weighted by atomic mass is 32.2. The Balaban J connectivity index is 1.63. The van der Waals surface area contributed by atoms with Crippen molar-refractivity contribution in [1.82, 2.24) is 0 Å². The Morgan fingerprint density at radius 1 is 1.29 bits per heavy atom. The average Bonchev–Trinajstić information content (AvgIpc) is 2.48. The molecule has 0 aromatic carbocycles. The maximum atomic E-state index is 12.1. The highest BCUT2D eigenvalue weighted by Crippen LogP contribution is 2.43. The van der Waals surface area contributed by atoms with Gasteiger partial charge in [0.15, 0.2) is 11.9 Å². The van der Waals surface area contributed by atoms with E-state index in [1.807, 2.05) is 0 Å². The minimum Gasteiger partial charge on any atom is -0.621 e. The van der Waals surface area contributed by atoms with Crippen LogP contribution in [0.4, 0.5) is 13.2 Å². The third kappa shape index (κ3) is 6.80. The maximum absolute atomic E-state index is 12.1. The zero-order valence-electron chi connectivity index (χ0n) is 13.9. The molecule has 2 fully saturated rings. The summed E-state index contributed by atoms with van der Waals surface area (Å²) in [6.45, 7) is 1.06. The summed E-state index contributed by atoms with van der Waals surface area (Å²) in [6, 6.07) is -0.949. The normalized spacial score (nSPS) is 29.8. The second-order valence-electron chi connectivity index (χ2n) is 7.23. The van der Waals surface area contributed by atoms with Crippen LogP contribution in [0.15, 0.2) is 0 Å². The van der Waals surface area contributed by atoms with Gasteiger partial charge >= 0.3 is 11.5 Å². The van der Waals surface area contributed by atoms with Crippen LogP contribution in [0.5, 0.6) is 0 Å². The molecule has 4 atom stereocenters. The first-order valence-electron chi connectivity index (χ1n) is 8.68. The molecule has 0 aromatic rings. The molecule has 0 spiro atoms. The fourth-order valence-electron chi connectivity index (χ4n) is 4.00. The number of rotatable bonds is 7. The van der Waals surface area contributed by atoms with Gasteiger partial charge in [0, 0.05) is 6.42 Å². The first-order valence-corrected chi connectivity index (χ1v) is 9.49. The summed E-state index contributed by atoms with van der Waals surface area (Å²) in [5.41, 5.74) is -4.59. The molecule has 2 saturated carbocycles. The molecule has 0 amide bonds. The minimum absolute atomic E-state index is 0.281. The first-order chi connectivity index (χ1) is 11.2. The summed E-state index contributed by atoms with van der Waals surface area (Å²) in [5.74, 6) is 1.75. The van der Waals surface area contributed by atoms with Gasteiger partial charge in [-0.2, -0.15) is 13.2 Å². The lowest BCUT2D eigenvalue weighted by atomic mass is 9.67. The Morgan fingerprint density at radius 3 is 2.50 bits per heavy atom. The topological polar surface area (TPSA) is 53.8 Å². The Hall–Kier alpha value is -0.470. The highest BCUT2D eigenvalue weighted by molar-refractivity contribution is 7.93. The molecule has 2 bridgehead atoms. The van der Waals surface area contributed by atoms with Gasteiger partial charge in [-0.15, -0.1) is 0 Å². The molecule has 8 heteroatoms. The van der Waals surface area contributed by atoms with Crippen molar-refractivity contribution in [3.8, 4) is 0 Å². The summed E-state index contributed by atoms with van der Waals surface area (Å²) in [5, 5.41) is 11.3. The van der Waals surface area contributed by atoms with Crippen molar-refractivity contribution >= 4 is 17.9 Å². The third-order valence-corrected chi connectivity index (χ3v) is 5.93. The second kappa shape index (κ2) is 8.76. The number of esters is 1. The Morgan fingerprint density at radius 2 is 1.92 bits per heavy atom. The molecule has 2 aliphatic carbocycles. The number of hydrogen-bond acceptors (Lipinski definition) is 4. The molecular weight excluding hydrogens is 343 g/mol. The van der Waals surface area contributed by atoms with Crippen LogP contribution in [0.25, 0.3) is 0 Å². The maximum Gasteiger partial charge on any atom is 0.496 e. The molecule has 0 aliphatic heterocycles. The van der Waals surface area contributed by atoms with Crippen molar-refractivity contribution < 1.29 is 27.2 Å². The molecular formula is C16H26F3NO3S. The summed E-state index contributed by atoms with van der Waals surface area (Å²) in [7, 11) is 0. The first kappa shape index (κ1) is 19.8. The standard InChI is InChI=1S/C16H26F3NO3S/c1-11(20(22)24-16(17,18)19)10-23-15(21)6-5-14-8-12-3-2-4-13(7-12)9-14/h11-14,20H,2-10H2,1H3. The number of carbonyl (C=O) groups is 1. The number of fused-ring (bicyclic) bond motifs is 2. The third-order valence-electron chi connectivity index (χ3n) is 5.09. The molecule has 1 N–H and O–H groups in total. The summed E-state index contributed by atoms with van der Waals surface area (Å²) < 4.78 is 40.3. The van der Waals surface area contributed by atoms with E-state index in [-0.39, 0.29) is 13.0 Å². The van der Waals surface area contributed by atoms with Gasteiger partial charge in [-0.05, 0) is 50.4 Å². The van der Waals surface area contributed by atoms with Crippen molar-refractivity contribution in [2.24, 2.45) is 17.8 Å². The molecule has 4 nitrogen and oxygen atoms in total. The SMILES string of the molecule is CC(COC(=O)CCC1CC2CCCC(C2)C1)[NH+]([O-])SC(F)(F)F. The Bertz CT molecular complexity index is 410. The van der Waals surface area contributed by atoms with Gasteiger partial charge in [0.25, 0.3) is 0 Å². The molecule has 0 aromatic heterocycles. The molecule has 0 saturated heterocycles. The van der Waals surface area contributed by atoms with E-state index in [4.69, 9.17) is 4.74 Å². The van der Waals surface area contributed by atoms with Gasteiger partial charge < -0.3 is 9.94 Å². The zero-order valence-corrected chi connectivity index (χ0v) is 14.8. The van der Waals surface area contributed by atoms with E-state index in [0.717, 1.165) is 18.3 Å². The van der Waals surface area contributed by atoms with E-state index >= 15 is 0 Å². The van der Waals surface area contributed by atoms with Crippen LogP contribution in [-0.2, 0) is 9.53 Å². The molecule has 24 heavy (non-hydrogen) atoms. The van der Waals surface area contributed by atoms with Gasteiger partial charge in [-0.1, -0.05) is 19.3 Å². The lowest BCUT2D eigenvalue weighted by Crippen LogP contribution is -3.05. The van der Waals surface area contributed by atoms with Crippen LogP contribution in [-0.4, -0.2) is 24.1 Å². The minimum atomic E-state index is -4.59. The number of halogens is 3. The number of carbonyl (C=O) groups excluding carboxylic acids is 1. The van der Waals surface area contributed by atoms with Crippen molar-refractivity contribution in [1.29, 1.82) is 0 Å². The van der Waals surface area contributed by atoms with E-state index in [1.165, 1.54) is 45.4 Å². The zero-order chi connectivity index (χ0) is 17.7. The quantitative estimate of drug-likeness (QED) is 0.424. The smallest absolute Gasteiger partial charge is 0.496 e. The molecule has 2 rings (SSSR count). The van der Waals surface area contributed by atoms with E-state index in [1.54, 1.807) is 0 Å². The van der Waals surface area contributed by atoms with E-state index in [9.17, 15) is 23.2 Å². The predicted molar refractivity (Wildman–Crippen MR) is 85.8 cm³/mol. The van der Waals surface area contributed by atoms with Crippen LogP contribution < -0.4 is 4.47 Å². The number of alkyl halides is 3. The number of ether oxygens (including phenoxy) is 1. The van der Waals surface area contributed by atoms with Crippen molar-refractivity contribution in [3.63, 3.8) is 0 Å². The Labute approximate surface area is 145 Å². The van der Waals surface area contributed by atoms with Crippen molar-refractivity contribution in [2.75, 3.05) is 6.61 Å². The fourth-order valence-corrected chi connectivity index (χ4v) is 4.50. The molecule has 4 unspecified atom stereocenters. The Kier molecular flexibility index (Phi) is 7.24. The molecule has 140 valence electrons. The number of nitrogens with one attached hydrogen (secondary N) is 1. The number of hydroxylamine groups is 1. The predicted octanol–water partition coefficient (Wildman–Crippen LogP) is 3.47. The van der Waals surface area contributed by atoms with Crippen molar-refractivity contribution in [3.05, 3.63) is 5.21 Å². The van der Waals surface area contributed by atoms with Crippen LogP contribution in [0, 0.1) is 23.0 Å². The van der Waals surface area contributed by atoms with Crippen molar-refractivity contribution in [2.45, 2.75) is 69.8 Å².